The molecular weight excluding hydrogens is 218 g/mol. The minimum Gasteiger partial charge on any atom is -0.491 e. The number of thioether (sulfide) groups is 1. The number of hydrogen-bond acceptors (Lipinski definition) is 5. The summed E-state index contributed by atoms with van der Waals surface area (Å²) in [6.45, 7) is 0.427. The van der Waals surface area contributed by atoms with Crippen molar-refractivity contribution in [3.63, 3.8) is 0 Å². The van der Waals surface area contributed by atoms with Gasteiger partial charge in [0, 0.05) is 6.07 Å². The molecule has 0 saturated heterocycles. The van der Waals surface area contributed by atoms with Crippen molar-refractivity contribution in [2.45, 2.75) is 10.1 Å². The van der Waals surface area contributed by atoms with E-state index in [1.807, 2.05) is 0 Å². The molecule has 6 heteroatoms. The van der Waals surface area contributed by atoms with Gasteiger partial charge in [-0.1, -0.05) is 0 Å². The van der Waals surface area contributed by atoms with Gasteiger partial charge in [-0.3, -0.25) is 10.1 Å². The van der Waals surface area contributed by atoms with E-state index in [-0.39, 0.29) is 17.5 Å². The molecule has 0 spiro atoms. The lowest BCUT2D eigenvalue weighted by atomic mass is 10.3. The predicted molar refractivity (Wildman–Crippen MR) is 55.3 cm³/mol. The fourth-order valence-electron chi connectivity index (χ4n) is 1.31. The number of hydrogen-bond donors (Lipinski definition) is 1. The van der Waals surface area contributed by atoms with Gasteiger partial charge in [0.25, 0.3) is 5.69 Å². The zero-order valence-electron chi connectivity index (χ0n) is 7.75. The molecule has 1 heterocycles. The van der Waals surface area contributed by atoms with Gasteiger partial charge in [0.1, 0.15) is 12.4 Å². The second-order valence-electron chi connectivity index (χ2n) is 3.12. The molecule has 1 N–H and O–H groups in total. The molecule has 0 radical (unpaired) electrons. The second-order valence-corrected chi connectivity index (χ2v) is 4.46. The van der Waals surface area contributed by atoms with E-state index < -0.39 is 4.92 Å². The highest BCUT2D eigenvalue weighted by molar-refractivity contribution is 8.00. The van der Waals surface area contributed by atoms with Crippen molar-refractivity contribution in [2.24, 2.45) is 0 Å². The molecule has 1 aliphatic rings. The number of benzene rings is 1. The van der Waals surface area contributed by atoms with E-state index in [0.29, 0.717) is 12.4 Å². The maximum Gasteiger partial charge on any atom is 0.273 e. The predicted octanol–water partition coefficient (Wildman–Crippen LogP) is 1.44. The van der Waals surface area contributed by atoms with E-state index in [2.05, 4.69) is 0 Å². The molecule has 1 aromatic carbocycles. The Kier molecular flexibility index (Phi) is 2.79. The molecule has 0 aliphatic carbocycles. The molecule has 0 amide bonds. The van der Waals surface area contributed by atoms with Crippen LogP contribution in [0.25, 0.3) is 0 Å². The minimum absolute atomic E-state index is 0.0129. The van der Waals surface area contributed by atoms with Crippen molar-refractivity contribution < 1.29 is 14.8 Å². The molecule has 2 rings (SSSR count). The van der Waals surface area contributed by atoms with Crippen LogP contribution in [0.15, 0.2) is 23.1 Å². The molecule has 1 aliphatic heterocycles. The van der Waals surface area contributed by atoms with Gasteiger partial charge in [0.05, 0.1) is 27.7 Å². The molecule has 1 aromatic rings. The zero-order valence-corrected chi connectivity index (χ0v) is 8.57. The molecule has 1 atom stereocenters. The smallest absolute Gasteiger partial charge is 0.273 e. The van der Waals surface area contributed by atoms with Crippen LogP contribution in [0.5, 0.6) is 5.75 Å². The number of aliphatic hydroxyl groups excluding tert-OH is 1. The third-order valence-electron chi connectivity index (χ3n) is 2.06. The summed E-state index contributed by atoms with van der Waals surface area (Å²) in [6.07, 6.45) is 0. The largest absolute Gasteiger partial charge is 0.491 e. The second kappa shape index (κ2) is 4.08. The summed E-state index contributed by atoms with van der Waals surface area (Å²) < 4.78 is 5.33. The fraction of sp³-hybridized carbons (Fsp3) is 0.333. The average Bonchev–Trinajstić information content (AvgIpc) is 2.27. The van der Waals surface area contributed by atoms with E-state index in [4.69, 9.17) is 9.84 Å². The Morgan fingerprint density at radius 2 is 2.47 bits per heavy atom. The number of ether oxygens (including phenoxy) is 1. The first-order valence-corrected chi connectivity index (χ1v) is 5.27. The molecular formula is C9H9NO4S. The lowest BCUT2D eigenvalue weighted by molar-refractivity contribution is -0.385. The summed E-state index contributed by atoms with van der Waals surface area (Å²) in [7, 11) is 0. The highest BCUT2D eigenvalue weighted by Gasteiger charge is 2.21. The Morgan fingerprint density at radius 1 is 1.67 bits per heavy atom. The Balaban J connectivity index is 2.28. The number of non-ortho nitro benzene ring substituents is 1. The maximum atomic E-state index is 10.5. The number of nitro groups is 1. The summed E-state index contributed by atoms with van der Waals surface area (Å²) >= 11 is 1.48. The average molecular weight is 227 g/mol. The summed E-state index contributed by atoms with van der Waals surface area (Å²) in [5.74, 6) is 0.527. The summed E-state index contributed by atoms with van der Waals surface area (Å²) in [5, 5.41) is 19.5. The number of rotatable bonds is 2. The first kappa shape index (κ1) is 10.3. The van der Waals surface area contributed by atoms with Crippen LogP contribution in [0, 0.1) is 10.1 Å². The SMILES string of the molecule is O=[N+]([O-])c1ccc2c(c1)OCC(CO)S2. The minimum atomic E-state index is -0.452. The van der Waals surface area contributed by atoms with Gasteiger partial charge in [-0.2, -0.15) is 0 Å². The number of nitro benzene ring substituents is 1. The molecule has 1 unspecified atom stereocenters. The van der Waals surface area contributed by atoms with Gasteiger partial charge < -0.3 is 9.84 Å². The standard InChI is InChI=1S/C9H9NO4S/c11-4-7-5-14-8-3-6(10(12)13)1-2-9(8)15-7/h1-3,7,11H,4-5H2. The van der Waals surface area contributed by atoms with Crippen LogP contribution in [0.2, 0.25) is 0 Å². The van der Waals surface area contributed by atoms with E-state index >= 15 is 0 Å². The van der Waals surface area contributed by atoms with E-state index in [9.17, 15) is 10.1 Å². The van der Waals surface area contributed by atoms with Crippen molar-refractivity contribution in [1.29, 1.82) is 0 Å². The monoisotopic (exact) mass is 227 g/mol. The Labute approximate surface area is 90.2 Å². The van der Waals surface area contributed by atoms with E-state index in [1.54, 1.807) is 6.07 Å². The van der Waals surface area contributed by atoms with E-state index in [0.717, 1.165) is 4.90 Å². The van der Waals surface area contributed by atoms with Gasteiger partial charge in [-0.05, 0) is 6.07 Å². The molecule has 80 valence electrons. The van der Waals surface area contributed by atoms with Gasteiger partial charge in [0.15, 0.2) is 0 Å². The Morgan fingerprint density at radius 3 is 3.13 bits per heavy atom. The zero-order chi connectivity index (χ0) is 10.8. The molecule has 0 bridgehead atoms. The first-order chi connectivity index (χ1) is 7.20. The summed E-state index contributed by atoms with van der Waals surface area (Å²) in [4.78, 5) is 10.9. The summed E-state index contributed by atoms with van der Waals surface area (Å²) in [5.41, 5.74) is 0.0248. The normalized spacial score (nSPS) is 19.1. The van der Waals surface area contributed by atoms with Crippen molar-refractivity contribution in [2.75, 3.05) is 13.2 Å². The quantitative estimate of drug-likeness (QED) is 0.611. The molecule has 0 fully saturated rings. The molecule has 0 aromatic heterocycles. The van der Waals surface area contributed by atoms with Crippen molar-refractivity contribution in [3.05, 3.63) is 28.3 Å². The lowest BCUT2D eigenvalue weighted by Crippen LogP contribution is -2.22. The van der Waals surface area contributed by atoms with E-state index in [1.165, 1.54) is 23.9 Å². The van der Waals surface area contributed by atoms with Crippen LogP contribution < -0.4 is 4.74 Å². The van der Waals surface area contributed by atoms with Gasteiger partial charge >= 0.3 is 0 Å². The van der Waals surface area contributed by atoms with Crippen LogP contribution in [-0.4, -0.2) is 28.5 Å². The van der Waals surface area contributed by atoms with Gasteiger partial charge in [0.2, 0.25) is 0 Å². The molecule has 5 nitrogen and oxygen atoms in total. The first-order valence-electron chi connectivity index (χ1n) is 4.39. The third kappa shape index (κ3) is 2.05. The van der Waals surface area contributed by atoms with Gasteiger partial charge in [-0.25, -0.2) is 0 Å². The van der Waals surface area contributed by atoms with Crippen molar-refractivity contribution in [3.8, 4) is 5.75 Å². The van der Waals surface area contributed by atoms with Crippen molar-refractivity contribution in [1.82, 2.24) is 0 Å². The molecule has 0 saturated carbocycles. The molecule has 15 heavy (non-hydrogen) atoms. The number of fused-ring (bicyclic) bond motifs is 1. The van der Waals surface area contributed by atoms with Crippen LogP contribution >= 0.6 is 11.8 Å². The Hall–Kier alpha value is -1.27. The van der Waals surface area contributed by atoms with Crippen LogP contribution in [0.1, 0.15) is 0 Å². The lowest BCUT2D eigenvalue weighted by Gasteiger charge is -2.22. The topological polar surface area (TPSA) is 72.6 Å². The fourth-order valence-corrected chi connectivity index (χ4v) is 2.26. The summed E-state index contributed by atoms with van der Waals surface area (Å²) in [6, 6.07) is 4.50. The number of nitrogens with zero attached hydrogens (tertiary/aromatic N) is 1. The van der Waals surface area contributed by atoms with Gasteiger partial charge in [-0.15, -0.1) is 11.8 Å². The maximum absolute atomic E-state index is 10.5. The van der Waals surface area contributed by atoms with Crippen molar-refractivity contribution >= 4 is 17.4 Å². The highest BCUT2D eigenvalue weighted by atomic mass is 32.2. The Bertz CT molecular complexity index is 396. The number of aliphatic hydroxyl groups is 1. The van der Waals surface area contributed by atoms with Crippen LogP contribution in [-0.2, 0) is 0 Å². The third-order valence-corrected chi connectivity index (χ3v) is 3.27. The van der Waals surface area contributed by atoms with Crippen LogP contribution in [0.3, 0.4) is 0 Å². The highest BCUT2D eigenvalue weighted by Crippen LogP contribution is 2.38. The van der Waals surface area contributed by atoms with Crippen LogP contribution in [0.4, 0.5) is 5.69 Å².